The Balaban J connectivity index is 1.46. The second-order valence-corrected chi connectivity index (χ2v) is 9.57. The van der Waals surface area contributed by atoms with Crippen LogP contribution < -0.4 is 0 Å². The van der Waals surface area contributed by atoms with E-state index in [1.54, 1.807) is 0 Å². The number of aromatic nitrogens is 2. The SMILES string of the molecule is c1ccc(-n2c3ccccc3c3ccccc32)c(-c2ccc3c4ccccc4c4ccccc4c3n2)c1. The lowest BCUT2D eigenvalue weighted by Gasteiger charge is -2.15. The van der Waals surface area contributed by atoms with Gasteiger partial charge >= 0.3 is 0 Å². The van der Waals surface area contributed by atoms with Gasteiger partial charge in [0, 0.05) is 27.1 Å². The molecule has 2 nitrogen and oxygen atoms in total. The third-order valence-corrected chi connectivity index (χ3v) is 7.59. The number of hydrogen-bond donors (Lipinski definition) is 0. The van der Waals surface area contributed by atoms with E-state index in [2.05, 4.69) is 138 Å². The average Bonchev–Trinajstić information content (AvgIpc) is 3.31. The Hall–Kier alpha value is -4.95. The Labute approximate surface area is 214 Å². The summed E-state index contributed by atoms with van der Waals surface area (Å²) in [5.41, 5.74) is 6.68. The van der Waals surface area contributed by atoms with Crippen LogP contribution in [0.3, 0.4) is 0 Å². The van der Waals surface area contributed by atoms with Crippen LogP contribution in [0.4, 0.5) is 0 Å². The molecular weight excluding hydrogens is 448 g/mol. The molecule has 0 aliphatic rings. The molecule has 37 heavy (non-hydrogen) atoms. The molecule has 0 saturated carbocycles. The summed E-state index contributed by atoms with van der Waals surface area (Å²) < 4.78 is 2.38. The molecule has 172 valence electrons. The van der Waals surface area contributed by atoms with Crippen molar-refractivity contribution in [2.24, 2.45) is 0 Å². The minimum Gasteiger partial charge on any atom is -0.309 e. The van der Waals surface area contributed by atoms with Crippen LogP contribution in [0.15, 0.2) is 133 Å². The van der Waals surface area contributed by atoms with Crippen LogP contribution in [0.25, 0.3) is 71.2 Å². The number of rotatable bonds is 2. The molecule has 0 atom stereocenters. The van der Waals surface area contributed by atoms with E-state index in [0.717, 1.165) is 22.5 Å². The Morgan fingerprint density at radius 3 is 1.49 bits per heavy atom. The summed E-state index contributed by atoms with van der Waals surface area (Å²) in [6.07, 6.45) is 0. The number of fused-ring (bicyclic) bond motifs is 9. The van der Waals surface area contributed by atoms with Crippen molar-refractivity contribution in [1.82, 2.24) is 9.55 Å². The standard InChI is InChI=1S/C35H22N2/c1-2-13-25-23(11-1)24-12-3-4-16-28(24)35-29(25)21-22-31(36-35)30-17-7-10-20-34(30)37-32-18-8-5-14-26(32)27-15-6-9-19-33(27)37/h1-22H. The summed E-state index contributed by atoms with van der Waals surface area (Å²) >= 11 is 0. The van der Waals surface area contributed by atoms with Gasteiger partial charge in [-0.3, -0.25) is 0 Å². The first-order valence-electron chi connectivity index (χ1n) is 12.7. The molecule has 0 aliphatic heterocycles. The summed E-state index contributed by atoms with van der Waals surface area (Å²) in [5, 5.41) is 8.65. The van der Waals surface area contributed by atoms with Crippen molar-refractivity contribution >= 4 is 54.3 Å². The van der Waals surface area contributed by atoms with Gasteiger partial charge in [0.2, 0.25) is 0 Å². The maximum atomic E-state index is 5.34. The predicted molar refractivity (Wildman–Crippen MR) is 157 cm³/mol. The lowest BCUT2D eigenvalue weighted by Crippen LogP contribution is -1.98. The number of nitrogens with zero attached hydrogens (tertiary/aromatic N) is 2. The first kappa shape index (κ1) is 20.3. The van der Waals surface area contributed by atoms with Gasteiger partial charge in [0.1, 0.15) is 0 Å². The van der Waals surface area contributed by atoms with Crippen molar-refractivity contribution in [2.45, 2.75) is 0 Å². The number of benzene rings is 6. The maximum absolute atomic E-state index is 5.34. The van der Waals surface area contributed by atoms with Gasteiger partial charge in [-0.05, 0) is 46.5 Å². The monoisotopic (exact) mass is 470 g/mol. The quantitative estimate of drug-likeness (QED) is 0.230. The van der Waals surface area contributed by atoms with Crippen molar-refractivity contribution in [1.29, 1.82) is 0 Å². The van der Waals surface area contributed by atoms with Gasteiger partial charge < -0.3 is 4.57 Å². The Morgan fingerprint density at radius 1 is 0.378 bits per heavy atom. The molecule has 8 aromatic rings. The number of pyridine rings is 1. The summed E-state index contributed by atoms with van der Waals surface area (Å²) in [6, 6.07) is 47.6. The predicted octanol–water partition coefficient (Wildman–Crippen LogP) is 9.31. The van der Waals surface area contributed by atoms with E-state index < -0.39 is 0 Å². The molecule has 0 amide bonds. The molecule has 0 N–H and O–H groups in total. The van der Waals surface area contributed by atoms with Crippen molar-refractivity contribution in [2.75, 3.05) is 0 Å². The molecule has 0 unspecified atom stereocenters. The Bertz CT molecular complexity index is 2060. The molecule has 0 radical (unpaired) electrons. The van der Waals surface area contributed by atoms with Gasteiger partial charge in [-0.25, -0.2) is 4.98 Å². The van der Waals surface area contributed by atoms with Crippen LogP contribution in [0.1, 0.15) is 0 Å². The van der Waals surface area contributed by atoms with Crippen LogP contribution in [0.5, 0.6) is 0 Å². The summed E-state index contributed by atoms with van der Waals surface area (Å²) in [4.78, 5) is 5.34. The molecule has 2 heterocycles. The second kappa shape index (κ2) is 7.78. The topological polar surface area (TPSA) is 17.8 Å². The van der Waals surface area contributed by atoms with Crippen molar-refractivity contribution in [3.63, 3.8) is 0 Å². The van der Waals surface area contributed by atoms with Crippen molar-refractivity contribution < 1.29 is 0 Å². The Morgan fingerprint density at radius 2 is 0.838 bits per heavy atom. The van der Waals surface area contributed by atoms with Crippen LogP contribution in [0, 0.1) is 0 Å². The highest BCUT2D eigenvalue weighted by Gasteiger charge is 2.16. The highest BCUT2D eigenvalue weighted by molar-refractivity contribution is 6.24. The minimum atomic E-state index is 0.977. The molecule has 2 aromatic heterocycles. The minimum absolute atomic E-state index is 0.977. The lowest BCUT2D eigenvalue weighted by molar-refractivity contribution is 1.18. The van der Waals surface area contributed by atoms with Crippen LogP contribution in [0.2, 0.25) is 0 Å². The molecule has 2 heteroatoms. The van der Waals surface area contributed by atoms with Gasteiger partial charge in [0.25, 0.3) is 0 Å². The molecule has 0 saturated heterocycles. The number of para-hydroxylation sites is 3. The smallest absolute Gasteiger partial charge is 0.0794 e. The molecule has 0 spiro atoms. The fraction of sp³-hybridized carbons (Fsp3) is 0. The molecule has 6 aromatic carbocycles. The molecule has 0 fully saturated rings. The summed E-state index contributed by atoms with van der Waals surface area (Å²) in [7, 11) is 0. The normalized spacial score (nSPS) is 11.8. The maximum Gasteiger partial charge on any atom is 0.0794 e. The van der Waals surface area contributed by atoms with Crippen molar-refractivity contribution in [3.8, 4) is 16.9 Å². The third kappa shape index (κ3) is 2.90. The van der Waals surface area contributed by atoms with Crippen molar-refractivity contribution in [3.05, 3.63) is 133 Å². The first-order chi connectivity index (χ1) is 18.4. The van der Waals surface area contributed by atoms with E-state index in [1.165, 1.54) is 48.7 Å². The lowest BCUT2D eigenvalue weighted by atomic mass is 9.96. The van der Waals surface area contributed by atoms with Gasteiger partial charge in [0.15, 0.2) is 0 Å². The van der Waals surface area contributed by atoms with E-state index in [1.807, 2.05) is 0 Å². The zero-order chi connectivity index (χ0) is 24.3. The highest BCUT2D eigenvalue weighted by Crippen LogP contribution is 2.38. The van der Waals surface area contributed by atoms with E-state index in [-0.39, 0.29) is 0 Å². The van der Waals surface area contributed by atoms with Gasteiger partial charge in [-0.1, -0.05) is 103 Å². The highest BCUT2D eigenvalue weighted by atomic mass is 15.0. The fourth-order valence-electron chi connectivity index (χ4n) is 5.98. The average molecular weight is 471 g/mol. The fourth-order valence-corrected chi connectivity index (χ4v) is 5.98. The molecular formula is C35H22N2. The molecule has 8 rings (SSSR count). The van der Waals surface area contributed by atoms with Crippen LogP contribution in [-0.2, 0) is 0 Å². The van der Waals surface area contributed by atoms with Gasteiger partial charge in [0.05, 0.1) is 27.9 Å². The van der Waals surface area contributed by atoms with E-state index in [0.29, 0.717) is 0 Å². The first-order valence-corrected chi connectivity index (χ1v) is 12.7. The van der Waals surface area contributed by atoms with Crippen LogP contribution >= 0.6 is 0 Å². The number of hydrogen-bond acceptors (Lipinski definition) is 1. The summed E-state index contributed by atoms with van der Waals surface area (Å²) in [6.45, 7) is 0. The summed E-state index contributed by atoms with van der Waals surface area (Å²) in [5.74, 6) is 0. The van der Waals surface area contributed by atoms with E-state index >= 15 is 0 Å². The largest absolute Gasteiger partial charge is 0.309 e. The van der Waals surface area contributed by atoms with Crippen LogP contribution in [-0.4, -0.2) is 9.55 Å². The zero-order valence-corrected chi connectivity index (χ0v) is 20.1. The zero-order valence-electron chi connectivity index (χ0n) is 20.1. The van der Waals surface area contributed by atoms with E-state index in [4.69, 9.17) is 4.98 Å². The van der Waals surface area contributed by atoms with E-state index in [9.17, 15) is 0 Å². The molecule has 0 aliphatic carbocycles. The Kier molecular flexibility index (Phi) is 4.26. The third-order valence-electron chi connectivity index (χ3n) is 7.59. The second-order valence-electron chi connectivity index (χ2n) is 9.57. The van der Waals surface area contributed by atoms with Gasteiger partial charge in [-0.15, -0.1) is 0 Å². The molecule has 0 bridgehead atoms. The van der Waals surface area contributed by atoms with Gasteiger partial charge in [-0.2, -0.15) is 0 Å².